The summed E-state index contributed by atoms with van der Waals surface area (Å²) in [6, 6.07) is 2.07. The average Bonchev–Trinajstić information content (AvgIpc) is 3.34. The summed E-state index contributed by atoms with van der Waals surface area (Å²) < 4.78 is 29.6. The first-order chi connectivity index (χ1) is 12.9. The van der Waals surface area contributed by atoms with Crippen LogP contribution >= 0.6 is 0 Å². The number of imidazole rings is 1. The van der Waals surface area contributed by atoms with Crippen molar-refractivity contribution < 1.29 is 22.4 Å². The molecule has 0 bridgehead atoms. The topological polar surface area (TPSA) is 117 Å². The molecule has 0 spiro atoms. The van der Waals surface area contributed by atoms with Gasteiger partial charge in [0.05, 0.1) is 35.8 Å². The minimum atomic E-state index is -3.30. The lowest BCUT2D eigenvalue weighted by molar-refractivity contribution is -0.132. The van der Waals surface area contributed by atoms with Gasteiger partial charge in [0.25, 0.3) is 11.7 Å². The van der Waals surface area contributed by atoms with Crippen LogP contribution in [0, 0.1) is 6.92 Å². The number of aromatic amines is 1. The van der Waals surface area contributed by atoms with Gasteiger partial charge in [-0.15, -0.1) is 0 Å². The molecule has 1 N–H and O–H groups in total. The Bertz CT molecular complexity index is 965. The third kappa shape index (κ3) is 3.30. The van der Waals surface area contributed by atoms with E-state index in [0.29, 0.717) is 13.1 Å². The van der Waals surface area contributed by atoms with Crippen LogP contribution in [0.1, 0.15) is 21.9 Å². The van der Waals surface area contributed by atoms with Crippen LogP contribution in [0.5, 0.6) is 0 Å². The minimum Gasteiger partial charge on any atom is -0.461 e. The van der Waals surface area contributed by atoms with Crippen LogP contribution in [0.4, 0.5) is 0 Å². The van der Waals surface area contributed by atoms with Gasteiger partial charge in [-0.3, -0.25) is 14.5 Å². The third-order valence-electron chi connectivity index (χ3n) is 5.28. The summed E-state index contributed by atoms with van der Waals surface area (Å²) >= 11 is 0. The first-order valence-corrected chi connectivity index (χ1v) is 10.5. The zero-order valence-electron chi connectivity index (χ0n) is 14.8. The Balaban J connectivity index is 1.57. The van der Waals surface area contributed by atoms with Gasteiger partial charge >= 0.3 is 0 Å². The maximum Gasteiger partial charge on any atom is 0.298 e. The van der Waals surface area contributed by atoms with Gasteiger partial charge in [0, 0.05) is 31.4 Å². The number of H-pyrrole nitrogens is 1. The number of hydrogen-bond donors (Lipinski definition) is 1. The molecule has 2 aromatic rings. The molecular weight excluding hydrogens is 372 g/mol. The molecule has 0 unspecified atom stereocenters. The van der Waals surface area contributed by atoms with E-state index < -0.39 is 27.6 Å². The Morgan fingerprint density at radius 1 is 1.30 bits per heavy atom. The number of ketones is 1. The molecule has 0 aromatic carbocycles. The molecule has 0 saturated carbocycles. The van der Waals surface area contributed by atoms with Gasteiger partial charge in [-0.05, 0) is 19.1 Å². The quantitative estimate of drug-likeness (QED) is 0.575. The molecule has 2 atom stereocenters. The number of hydrogen-bond acceptors (Lipinski definition) is 7. The first kappa shape index (κ1) is 17.9. The molecule has 0 aliphatic carbocycles. The zero-order chi connectivity index (χ0) is 19.2. The number of Topliss-reactive ketones (excluding diaryl/α,β-unsaturated/α-hetero) is 1. The van der Waals surface area contributed by atoms with Crippen molar-refractivity contribution in [3.63, 3.8) is 0 Å². The van der Waals surface area contributed by atoms with Gasteiger partial charge in [-0.2, -0.15) is 0 Å². The SMILES string of the molecule is Cc1[nH]cnc1CN1CCN(C(=O)C(=O)c2ccco2)[C@@H]2CS(=O)(=O)C[C@@H]21. The summed E-state index contributed by atoms with van der Waals surface area (Å²) in [5, 5.41) is 0. The van der Waals surface area contributed by atoms with E-state index in [4.69, 9.17) is 4.42 Å². The van der Waals surface area contributed by atoms with E-state index in [-0.39, 0.29) is 29.9 Å². The average molecular weight is 392 g/mol. The lowest BCUT2D eigenvalue weighted by Crippen LogP contribution is -2.61. The van der Waals surface area contributed by atoms with Gasteiger partial charge in [-0.1, -0.05) is 0 Å². The lowest BCUT2D eigenvalue weighted by atomic mass is 10.0. The standard InChI is InChI=1S/C17H20N4O5S/c1-11-12(19-10-18-11)7-20-4-5-21(14-9-27(24,25)8-13(14)20)17(23)16(22)15-3-2-6-26-15/h2-3,6,10,13-14H,4-5,7-9H2,1H3,(H,18,19)/t13-,14+/m0/s1. The second kappa shape index (κ2) is 6.61. The molecule has 2 aromatic heterocycles. The van der Waals surface area contributed by atoms with E-state index in [1.807, 2.05) is 11.8 Å². The molecule has 10 heteroatoms. The van der Waals surface area contributed by atoms with Crippen molar-refractivity contribution in [3.05, 3.63) is 41.9 Å². The molecule has 2 aliphatic rings. The van der Waals surface area contributed by atoms with E-state index in [2.05, 4.69) is 9.97 Å². The van der Waals surface area contributed by atoms with E-state index in [1.165, 1.54) is 23.3 Å². The van der Waals surface area contributed by atoms with Gasteiger partial charge in [0.2, 0.25) is 0 Å². The number of nitrogens with one attached hydrogen (secondary N) is 1. The highest BCUT2D eigenvalue weighted by molar-refractivity contribution is 7.91. The van der Waals surface area contributed by atoms with Crippen molar-refractivity contribution >= 4 is 21.5 Å². The summed E-state index contributed by atoms with van der Waals surface area (Å²) in [6.07, 6.45) is 2.93. The van der Waals surface area contributed by atoms with Crippen molar-refractivity contribution in [3.8, 4) is 0 Å². The summed E-state index contributed by atoms with van der Waals surface area (Å²) in [7, 11) is -3.30. The van der Waals surface area contributed by atoms with Crippen LogP contribution in [-0.2, 0) is 21.2 Å². The Hall–Kier alpha value is -2.46. The highest BCUT2D eigenvalue weighted by atomic mass is 32.2. The number of rotatable bonds is 4. The summed E-state index contributed by atoms with van der Waals surface area (Å²) in [5.74, 6) is -1.66. The number of piperazine rings is 1. The van der Waals surface area contributed by atoms with Crippen molar-refractivity contribution in [2.75, 3.05) is 24.6 Å². The molecule has 0 radical (unpaired) electrons. The predicted molar refractivity (Wildman–Crippen MR) is 94.7 cm³/mol. The van der Waals surface area contributed by atoms with Gasteiger partial charge < -0.3 is 14.3 Å². The van der Waals surface area contributed by atoms with Crippen LogP contribution in [0.25, 0.3) is 0 Å². The maximum atomic E-state index is 12.7. The minimum absolute atomic E-state index is 0.0279. The molecule has 4 heterocycles. The summed E-state index contributed by atoms with van der Waals surface area (Å²) in [4.78, 5) is 35.8. The Morgan fingerprint density at radius 2 is 2.07 bits per heavy atom. The molecule has 27 heavy (non-hydrogen) atoms. The molecular formula is C17H20N4O5S. The van der Waals surface area contributed by atoms with E-state index >= 15 is 0 Å². The maximum absolute atomic E-state index is 12.7. The summed E-state index contributed by atoms with van der Waals surface area (Å²) in [6.45, 7) is 3.17. The fourth-order valence-electron chi connectivity index (χ4n) is 3.86. The van der Waals surface area contributed by atoms with Crippen LogP contribution in [0.3, 0.4) is 0 Å². The highest BCUT2D eigenvalue weighted by Crippen LogP contribution is 2.29. The Morgan fingerprint density at radius 3 is 2.74 bits per heavy atom. The van der Waals surface area contributed by atoms with Crippen LogP contribution in [-0.4, -0.2) is 76.6 Å². The van der Waals surface area contributed by atoms with Crippen molar-refractivity contribution in [2.24, 2.45) is 0 Å². The molecule has 4 rings (SSSR count). The number of aromatic nitrogens is 2. The number of fused-ring (bicyclic) bond motifs is 1. The van der Waals surface area contributed by atoms with Gasteiger partial charge in [0.1, 0.15) is 0 Å². The monoisotopic (exact) mass is 392 g/mol. The van der Waals surface area contributed by atoms with Crippen LogP contribution in [0.15, 0.2) is 29.1 Å². The predicted octanol–water partition coefficient (Wildman–Crippen LogP) is 0.00382. The first-order valence-electron chi connectivity index (χ1n) is 8.68. The number of furan rings is 1. The second-order valence-corrected chi connectivity index (χ2v) is 9.12. The number of carbonyl (C=O) groups excluding carboxylic acids is 2. The van der Waals surface area contributed by atoms with E-state index in [0.717, 1.165) is 11.4 Å². The number of carbonyl (C=O) groups is 2. The van der Waals surface area contributed by atoms with Crippen LogP contribution in [0.2, 0.25) is 0 Å². The summed E-state index contributed by atoms with van der Waals surface area (Å²) in [5.41, 5.74) is 1.78. The Labute approximate surface area is 156 Å². The lowest BCUT2D eigenvalue weighted by Gasteiger charge is -2.43. The molecule has 2 fully saturated rings. The fraction of sp³-hybridized carbons (Fsp3) is 0.471. The zero-order valence-corrected chi connectivity index (χ0v) is 15.6. The smallest absolute Gasteiger partial charge is 0.298 e. The normalized spacial score (nSPS) is 24.7. The molecule has 1 amide bonds. The third-order valence-corrected chi connectivity index (χ3v) is 6.98. The van der Waals surface area contributed by atoms with Crippen molar-refractivity contribution in [1.82, 2.24) is 19.8 Å². The van der Waals surface area contributed by atoms with Crippen LogP contribution < -0.4 is 0 Å². The van der Waals surface area contributed by atoms with Gasteiger partial charge in [0.15, 0.2) is 15.6 Å². The second-order valence-electron chi connectivity index (χ2n) is 6.96. The van der Waals surface area contributed by atoms with Crippen molar-refractivity contribution in [2.45, 2.75) is 25.6 Å². The molecule has 144 valence electrons. The molecule has 2 saturated heterocycles. The van der Waals surface area contributed by atoms with E-state index in [1.54, 1.807) is 6.33 Å². The number of aryl methyl sites for hydroxylation is 1. The van der Waals surface area contributed by atoms with Crippen molar-refractivity contribution in [1.29, 1.82) is 0 Å². The highest BCUT2D eigenvalue weighted by Gasteiger charge is 2.49. The Kier molecular flexibility index (Phi) is 4.39. The van der Waals surface area contributed by atoms with E-state index in [9.17, 15) is 18.0 Å². The number of nitrogens with zero attached hydrogens (tertiary/aromatic N) is 3. The number of amides is 1. The fourth-order valence-corrected chi connectivity index (χ4v) is 5.87. The number of sulfone groups is 1. The largest absolute Gasteiger partial charge is 0.461 e. The molecule has 9 nitrogen and oxygen atoms in total. The van der Waals surface area contributed by atoms with Gasteiger partial charge in [-0.25, -0.2) is 13.4 Å². The molecule has 2 aliphatic heterocycles.